The second-order valence-corrected chi connectivity index (χ2v) is 7.86. The van der Waals surface area contributed by atoms with Crippen molar-refractivity contribution >= 4 is 27.5 Å². The molecule has 0 radical (unpaired) electrons. The van der Waals surface area contributed by atoms with Crippen molar-refractivity contribution in [3.63, 3.8) is 0 Å². The number of nitrogens with zero attached hydrogens (tertiary/aromatic N) is 1. The highest BCUT2D eigenvalue weighted by molar-refractivity contribution is 9.10. The quantitative estimate of drug-likeness (QED) is 0.803. The van der Waals surface area contributed by atoms with E-state index in [2.05, 4.69) is 38.3 Å². The number of rotatable bonds is 5. The molecule has 1 saturated heterocycles. The highest BCUT2D eigenvalue weighted by atomic mass is 79.9. The molecule has 0 aliphatic carbocycles. The van der Waals surface area contributed by atoms with Gasteiger partial charge in [-0.15, -0.1) is 0 Å². The van der Waals surface area contributed by atoms with Gasteiger partial charge in [0.15, 0.2) is 0 Å². The summed E-state index contributed by atoms with van der Waals surface area (Å²) in [6.45, 7) is 1.75. The first-order valence-electron chi connectivity index (χ1n) is 8.90. The van der Waals surface area contributed by atoms with E-state index in [-0.39, 0.29) is 5.91 Å². The van der Waals surface area contributed by atoms with Crippen LogP contribution in [0.25, 0.3) is 0 Å². The van der Waals surface area contributed by atoms with Gasteiger partial charge in [-0.3, -0.25) is 4.79 Å². The van der Waals surface area contributed by atoms with Crippen LogP contribution in [0.15, 0.2) is 53.0 Å². The summed E-state index contributed by atoms with van der Waals surface area (Å²) < 4.78 is 6.55. The van der Waals surface area contributed by atoms with Crippen molar-refractivity contribution in [1.29, 1.82) is 0 Å². The number of hydrogen-bond donors (Lipinski definition) is 1. The lowest BCUT2D eigenvalue weighted by Gasteiger charge is -2.36. The molecule has 0 bridgehead atoms. The highest BCUT2D eigenvalue weighted by Gasteiger charge is 2.41. The molecule has 2 aromatic rings. The average molecular weight is 417 g/mol. The summed E-state index contributed by atoms with van der Waals surface area (Å²) in [7, 11) is 4.03. The van der Waals surface area contributed by atoms with Crippen LogP contribution in [0.5, 0.6) is 0 Å². The maximum atomic E-state index is 13.2. The highest BCUT2D eigenvalue weighted by Crippen LogP contribution is 2.36. The Morgan fingerprint density at radius 1 is 1.15 bits per heavy atom. The first kappa shape index (κ1) is 18.9. The Bertz CT molecular complexity index is 753. The zero-order chi connectivity index (χ0) is 18.6. The molecule has 2 aromatic carbocycles. The van der Waals surface area contributed by atoms with Crippen LogP contribution in [0, 0.1) is 0 Å². The van der Waals surface area contributed by atoms with Crippen LogP contribution in [0.4, 0.5) is 5.69 Å². The molecule has 0 saturated carbocycles. The van der Waals surface area contributed by atoms with E-state index >= 15 is 0 Å². The number of benzene rings is 2. The second-order valence-electron chi connectivity index (χ2n) is 6.95. The van der Waals surface area contributed by atoms with Gasteiger partial charge >= 0.3 is 0 Å². The fourth-order valence-corrected chi connectivity index (χ4v) is 3.70. The SMILES string of the molecule is CN(C)c1cccc(CNC(=O)C2(c3ccc(Br)cc3)CCOCC2)c1. The Kier molecular flexibility index (Phi) is 5.99. The van der Waals surface area contributed by atoms with E-state index in [1.165, 1.54) is 0 Å². The van der Waals surface area contributed by atoms with Gasteiger partial charge in [-0.05, 0) is 48.2 Å². The van der Waals surface area contributed by atoms with Gasteiger partial charge in [0.25, 0.3) is 0 Å². The van der Waals surface area contributed by atoms with Crippen molar-refractivity contribution in [1.82, 2.24) is 5.32 Å². The number of amides is 1. The minimum Gasteiger partial charge on any atom is -0.381 e. The maximum Gasteiger partial charge on any atom is 0.231 e. The van der Waals surface area contributed by atoms with Crippen LogP contribution in [0.2, 0.25) is 0 Å². The van der Waals surface area contributed by atoms with Crippen LogP contribution in [0.1, 0.15) is 24.0 Å². The average Bonchev–Trinajstić information content (AvgIpc) is 2.67. The molecule has 0 atom stereocenters. The number of ether oxygens (including phenoxy) is 1. The smallest absolute Gasteiger partial charge is 0.231 e. The fraction of sp³-hybridized carbons (Fsp3) is 0.381. The van der Waals surface area contributed by atoms with Crippen molar-refractivity contribution in [2.45, 2.75) is 24.8 Å². The molecular formula is C21H25BrN2O2. The van der Waals surface area contributed by atoms with Crippen molar-refractivity contribution < 1.29 is 9.53 Å². The summed E-state index contributed by atoms with van der Waals surface area (Å²) in [6, 6.07) is 16.3. The molecule has 1 fully saturated rings. The fourth-order valence-electron chi connectivity index (χ4n) is 3.43. The third kappa shape index (κ3) is 4.10. The molecule has 4 nitrogen and oxygen atoms in total. The van der Waals surface area contributed by atoms with Crippen LogP contribution < -0.4 is 10.2 Å². The summed E-state index contributed by atoms with van der Waals surface area (Å²) in [6.07, 6.45) is 1.41. The van der Waals surface area contributed by atoms with E-state index in [1.54, 1.807) is 0 Å². The third-order valence-electron chi connectivity index (χ3n) is 5.06. The first-order chi connectivity index (χ1) is 12.5. The van der Waals surface area contributed by atoms with E-state index in [4.69, 9.17) is 4.74 Å². The normalized spacial score (nSPS) is 16.1. The number of carbonyl (C=O) groups is 1. The number of carbonyl (C=O) groups excluding carboxylic acids is 1. The molecule has 138 valence electrons. The Hall–Kier alpha value is -1.85. The molecule has 1 amide bonds. The topological polar surface area (TPSA) is 41.6 Å². The molecule has 3 rings (SSSR count). The van der Waals surface area contributed by atoms with Crippen molar-refractivity contribution in [3.8, 4) is 0 Å². The van der Waals surface area contributed by atoms with Gasteiger partial charge in [-0.1, -0.05) is 40.2 Å². The van der Waals surface area contributed by atoms with Crippen molar-refractivity contribution in [3.05, 3.63) is 64.1 Å². The van der Waals surface area contributed by atoms with Gasteiger partial charge in [-0.25, -0.2) is 0 Å². The van der Waals surface area contributed by atoms with E-state index in [9.17, 15) is 4.79 Å². The largest absolute Gasteiger partial charge is 0.381 e. The summed E-state index contributed by atoms with van der Waals surface area (Å²) in [5, 5.41) is 3.16. The molecule has 0 spiro atoms. The summed E-state index contributed by atoms with van der Waals surface area (Å²) in [4.78, 5) is 15.3. The third-order valence-corrected chi connectivity index (χ3v) is 5.59. The minimum atomic E-state index is -0.516. The monoisotopic (exact) mass is 416 g/mol. The Morgan fingerprint density at radius 3 is 2.50 bits per heavy atom. The van der Waals surface area contributed by atoms with Crippen LogP contribution >= 0.6 is 15.9 Å². The van der Waals surface area contributed by atoms with Gasteiger partial charge in [0, 0.05) is 44.0 Å². The van der Waals surface area contributed by atoms with E-state index in [0.717, 1.165) is 21.3 Å². The lowest BCUT2D eigenvalue weighted by Crippen LogP contribution is -2.47. The number of halogens is 1. The van der Waals surface area contributed by atoms with Gasteiger partial charge in [0.2, 0.25) is 5.91 Å². The summed E-state index contributed by atoms with van der Waals surface area (Å²) >= 11 is 3.47. The predicted molar refractivity (Wildman–Crippen MR) is 108 cm³/mol. The van der Waals surface area contributed by atoms with Crippen LogP contribution in [-0.2, 0) is 21.5 Å². The Labute approximate surface area is 163 Å². The van der Waals surface area contributed by atoms with Crippen molar-refractivity contribution in [2.24, 2.45) is 0 Å². The molecule has 1 N–H and O–H groups in total. The van der Waals surface area contributed by atoms with E-state index in [1.807, 2.05) is 50.5 Å². The molecule has 5 heteroatoms. The molecule has 1 aliphatic rings. The predicted octanol–water partition coefficient (Wildman–Crippen LogP) is 3.88. The van der Waals surface area contributed by atoms with Gasteiger partial charge < -0.3 is 15.0 Å². The first-order valence-corrected chi connectivity index (χ1v) is 9.69. The maximum absolute atomic E-state index is 13.2. The summed E-state index contributed by atoms with van der Waals surface area (Å²) in [5.41, 5.74) is 2.77. The molecule has 1 heterocycles. The van der Waals surface area contributed by atoms with E-state index < -0.39 is 5.41 Å². The minimum absolute atomic E-state index is 0.0818. The zero-order valence-corrected chi connectivity index (χ0v) is 16.9. The molecule has 0 aromatic heterocycles. The summed E-state index contributed by atoms with van der Waals surface area (Å²) in [5.74, 6) is 0.0818. The zero-order valence-electron chi connectivity index (χ0n) is 15.3. The van der Waals surface area contributed by atoms with Crippen molar-refractivity contribution in [2.75, 3.05) is 32.2 Å². The Morgan fingerprint density at radius 2 is 1.85 bits per heavy atom. The number of nitrogens with one attached hydrogen (secondary N) is 1. The standard InChI is InChI=1S/C21H25BrN2O2/c1-24(2)19-5-3-4-16(14-19)15-23-20(25)21(10-12-26-13-11-21)17-6-8-18(22)9-7-17/h3-9,14H,10-13,15H2,1-2H3,(H,23,25). The van der Waals surface area contributed by atoms with Crippen LogP contribution in [-0.4, -0.2) is 33.2 Å². The lowest BCUT2D eigenvalue weighted by atomic mass is 9.73. The van der Waals surface area contributed by atoms with E-state index in [0.29, 0.717) is 32.6 Å². The number of anilines is 1. The molecular weight excluding hydrogens is 392 g/mol. The molecule has 26 heavy (non-hydrogen) atoms. The number of hydrogen-bond acceptors (Lipinski definition) is 3. The van der Waals surface area contributed by atoms with Gasteiger partial charge in [0.05, 0.1) is 5.41 Å². The second kappa shape index (κ2) is 8.23. The Balaban J connectivity index is 1.78. The van der Waals surface area contributed by atoms with Gasteiger partial charge in [0.1, 0.15) is 0 Å². The lowest BCUT2D eigenvalue weighted by molar-refractivity contribution is -0.130. The van der Waals surface area contributed by atoms with Crippen LogP contribution in [0.3, 0.4) is 0 Å². The van der Waals surface area contributed by atoms with Gasteiger partial charge in [-0.2, -0.15) is 0 Å². The molecule has 0 unspecified atom stereocenters. The molecule has 1 aliphatic heterocycles.